The van der Waals surface area contributed by atoms with Crippen molar-refractivity contribution < 1.29 is 19.7 Å². The third-order valence-corrected chi connectivity index (χ3v) is 2.24. The molecule has 0 spiro atoms. The molecule has 1 aromatic rings. The minimum absolute atomic E-state index is 0.0294. The van der Waals surface area contributed by atoms with Crippen molar-refractivity contribution in [3.8, 4) is 17.2 Å². The summed E-state index contributed by atoms with van der Waals surface area (Å²) in [5.41, 5.74) is 5.82. The highest BCUT2D eigenvalue weighted by Crippen LogP contribution is 2.39. The van der Waals surface area contributed by atoms with Gasteiger partial charge >= 0.3 is 0 Å². The van der Waals surface area contributed by atoms with Gasteiger partial charge in [0.2, 0.25) is 0 Å². The number of aliphatic hydroxyl groups is 1. The Morgan fingerprint density at radius 3 is 2.80 bits per heavy atom. The minimum Gasteiger partial charge on any atom is -0.508 e. The topological polar surface area (TPSA) is 84.9 Å². The van der Waals surface area contributed by atoms with E-state index < -0.39 is 6.10 Å². The minimum atomic E-state index is -0.854. The normalized spacial score (nSPS) is 16.1. The molecule has 5 nitrogen and oxygen atoms in total. The lowest BCUT2D eigenvalue weighted by Gasteiger charge is -2.23. The molecule has 0 aromatic heterocycles. The fourth-order valence-corrected chi connectivity index (χ4v) is 1.54. The number of phenols is 1. The summed E-state index contributed by atoms with van der Waals surface area (Å²) in [6, 6.07) is 2.90. The molecular weight excluding hydrogens is 198 g/mol. The van der Waals surface area contributed by atoms with Gasteiger partial charge in [0.25, 0.3) is 0 Å². The number of ether oxygens (including phenoxy) is 2. The van der Waals surface area contributed by atoms with Crippen molar-refractivity contribution in [2.75, 3.05) is 19.8 Å². The third-order valence-electron chi connectivity index (χ3n) is 2.24. The Morgan fingerprint density at radius 2 is 2.07 bits per heavy atom. The van der Waals surface area contributed by atoms with E-state index in [0.717, 1.165) is 0 Å². The molecule has 1 aromatic carbocycles. The molecule has 4 N–H and O–H groups in total. The van der Waals surface area contributed by atoms with Gasteiger partial charge in [-0.2, -0.15) is 0 Å². The second kappa shape index (κ2) is 3.96. The lowest BCUT2D eigenvalue weighted by Crippen LogP contribution is -2.19. The van der Waals surface area contributed by atoms with Crippen LogP contribution in [0.15, 0.2) is 12.1 Å². The lowest BCUT2D eigenvalue weighted by molar-refractivity contribution is 0.148. The second-order valence-corrected chi connectivity index (χ2v) is 3.31. The van der Waals surface area contributed by atoms with E-state index in [9.17, 15) is 10.2 Å². The van der Waals surface area contributed by atoms with Crippen molar-refractivity contribution in [2.24, 2.45) is 5.73 Å². The van der Waals surface area contributed by atoms with E-state index in [2.05, 4.69) is 0 Å². The van der Waals surface area contributed by atoms with E-state index in [1.165, 1.54) is 12.1 Å². The van der Waals surface area contributed by atoms with Gasteiger partial charge < -0.3 is 25.4 Å². The molecule has 1 heterocycles. The van der Waals surface area contributed by atoms with E-state index in [4.69, 9.17) is 15.2 Å². The Balaban J connectivity index is 2.47. The molecule has 2 rings (SSSR count). The second-order valence-electron chi connectivity index (χ2n) is 3.31. The van der Waals surface area contributed by atoms with Gasteiger partial charge in [-0.3, -0.25) is 0 Å². The molecule has 0 aliphatic carbocycles. The summed E-state index contributed by atoms with van der Waals surface area (Å²) < 4.78 is 10.7. The number of hydrogen-bond donors (Lipinski definition) is 3. The van der Waals surface area contributed by atoms with Gasteiger partial charge in [0.05, 0.1) is 6.10 Å². The summed E-state index contributed by atoms with van der Waals surface area (Å²) in [4.78, 5) is 0. The van der Waals surface area contributed by atoms with Crippen LogP contribution >= 0.6 is 0 Å². The number of aromatic hydroxyl groups is 1. The zero-order valence-corrected chi connectivity index (χ0v) is 8.14. The predicted octanol–water partition coefficient (Wildman–Crippen LogP) is 0.155. The first kappa shape index (κ1) is 10.1. The van der Waals surface area contributed by atoms with Crippen LogP contribution in [-0.2, 0) is 0 Å². The molecule has 5 heteroatoms. The van der Waals surface area contributed by atoms with E-state index in [1.807, 2.05) is 0 Å². The number of hydrogen-bond acceptors (Lipinski definition) is 5. The number of benzene rings is 1. The molecule has 1 unspecified atom stereocenters. The van der Waals surface area contributed by atoms with Crippen molar-refractivity contribution in [3.63, 3.8) is 0 Å². The molecule has 0 bridgehead atoms. The van der Waals surface area contributed by atoms with Gasteiger partial charge in [0, 0.05) is 18.2 Å². The molecule has 0 fully saturated rings. The molecule has 0 saturated carbocycles. The smallest absolute Gasteiger partial charge is 0.167 e. The largest absolute Gasteiger partial charge is 0.508 e. The van der Waals surface area contributed by atoms with E-state index in [0.29, 0.717) is 30.3 Å². The quantitative estimate of drug-likeness (QED) is 0.648. The molecule has 0 radical (unpaired) electrons. The number of rotatable bonds is 2. The summed E-state index contributed by atoms with van der Waals surface area (Å²) in [7, 11) is 0. The average Bonchev–Trinajstić information content (AvgIpc) is 2.26. The van der Waals surface area contributed by atoms with E-state index in [1.54, 1.807) is 0 Å². The highest BCUT2D eigenvalue weighted by molar-refractivity contribution is 5.53. The van der Waals surface area contributed by atoms with Crippen LogP contribution in [0, 0.1) is 0 Å². The fourth-order valence-electron chi connectivity index (χ4n) is 1.54. The maximum absolute atomic E-state index is 9.64. The number of aliphatic hydroxyl groups excluding tert-OH is 1. The Bertz CT molecular complexity index is 367. The van der Waals surface area contributed by atoms with Crippen molar-refractivity contribution in [2.45, 2.75) is 6.10 Å². The summed E-state index contributed by atoms with van der Waals surface area (Å²) in [5, 5.41) is 19.1. The van der Waals surface area contributed by atoms with Gasteiger partial charge in [-0.25, -0.2) is 0 Å². The Kier molecular flexibility index (Phi) is 2.66. The SMILES string of the molecule is NCC(O)c1cc(O)cc2c1OCCO2. The van der Waals surface area contributed by atoms with Crippen LogP contribution in [0.25, 0.3) is 0 Å². The van der Waals surface area contributed by atoms with Crippen molar-refractivity contribution in [1.29, 1.82) is 0 Å². The molecule has 1 aliphatic rings. The van der Waals surface area contributed by atoms with Crippen LogP contribution < -0.4 is 15.2 Å². The van der Waals surface area contributed by atoms with Crippen LogP contribution in [0.5, 0.6) is 17.2 Å². The van der Waals surface area contributed by atoms with Crippen molar-refractivity contribution in [3.05, 3.63) is 17.7 Å². The molecule has 1 atom stereocenters. The van der Waals surface area contributed by atoms with Crippen molar-refractivity contribution >= 4 is 0 Å². The van der Waals surface area contributed by atoms with E-state index in [-0.39, 0.29) is 12.3 Å². The van der Waals surface area contributed by atoms with Crippen LogP contribution in [0.3, 0.4) is 0 Å². The van der Waals surface area contributed by atoms with Gasteiger partial charge in [0.1, 0.15) is 19.0 Å². The zero-order chi connectivity index (χ0) is 10.8. The van der Waals surface area contributed by atoms with Crippen LogP contribution in [0.2, 0.25) is 0 Å². The summed E-state index contributed by atoms with van der Waals surface area (Å²) >= 11 is 0. The van der Waals surface area contributed by atoms with E-state index >= 15 is 0 Å². The highest BCUT2D eigenvalue weighted by atomic mass is 16.6. The molecule has 15 heavy (non-hydrogen) atoms. The van der Waals surface area contributed by atoms with Crippen molar-refractivity contribution in [1.82, 2.24) is 0 Å². The van der Waals surface area contributed by atoms with Gasteiger partial charge in [-0.05, 0) is 6.07 Å². The highest BCUT2D eigenvalue weighted by Gasteiger charge is 2.21. The van der Waals surface area contributed by atoms with Crippen LogP contribution in [-0.4, -0.2) is 30.0 Å². The van der Waals surface area contributed by atoms with Gasteiger partial charge in [-0.15, -0.1) is 0 Å². The predicted molar refractivity (Wildman–Crippen MR) is 53.1 cm³/mol. The fraction of sp³-hybridized carbons (Fsp3) is 0.400. The van der Waals surface area contributed by atoms with Crippen LogP contribution in [0.1, 0.15) is 11.7 Å². The molecule has 82 valence electrons. The maximum atomic E-state index is 9.64. The number of fused-ring (bicyclic) bond motifs is 1. The third kappa shape index (κ3) is 1.84. The monoisotopic (exact) mass is 211 g/mol. The molecule has 1 aliphatic heterocycles. The van der Waals surface area contributed by atoms with Gasteiger partial charge in [-0.1, -0.05) is 0 Å². The average molecular weight is 211 g/mol. The summed E-state index contributed by atoms with van der Waals surface area (Å²) in [6.07, 6.45) is -0.854. The Morgan fingerprint density at radius 1 is 1.33 bits per heavy atom. The molecular formula is C10H13NO4. The first-order valence-electron chi connectivity index (χ1n) is 4.73. The number of nitrogens with two attached hydrogens (primary N) is 1. The summed E-state index contributed by atoms with van der Waals surface area (Å²) in [6.45, 7) is 0.940. The first-order chi connectivity index (χ1) is 7.22. The maximum Gasteiger partial charge on any atom is 0.167 e. The standard InChI is InChI=1S/C10H13NO4/c11-5-8(13)7-3-6(12)4-9-10(7)15-2-1-14-9/h3-4,8,12-13H,1-2,5,11H2. The first-order valence-corrected chi connectivity index (χ1v) is 4.73. The molecule has 0 saturated heterocycles. The molecule has 0 amide bonds. The van der Waals surface area contributed by atoms with Gasteiger partial charge in [0.15, 0.2) is 11.5 Å². The lowest BCUT2D eigenvalue weighted by atomic mass is 10.1. The summed E-state index contributed by atoms with van der Waals surface area (Å²) in [5.74, 6) is 0.947. The van der Waals surface area contributed by atoms with Crippen LogP contribution in [0.4, 0.5) is 0 Å². The Hall–Kier alpha value is -1.46. The zero-order valence-electron chi connectivity index (χ0n) is 8.14. The number of phenolic OH excluding ortho intramolecular Hbond substituents is 1. The Labute approximate surface area is 87.0 Å².